The molecule has 1 aromatic heterocycles. The number of nitrogens with one attached hydrogen (secondary N) is 2. The van der Waals surface area contributed by atoms with Gasteiger partial charge in [0.1, 0.15) is 5.82 Å². The Labute approximate surface area is 143 Å². The van der Waals surface area contributed by atoms with Gasteiger partial charge in [-0.3, -0.25) is 4.57 Å². The minimum atomic E-state index is -0.592. The molecule has 4 rings (SSSR count). The molecule has 0 spiro atoms. The number of nitrogens with zero attached hydrogens (tertiary/aromatic N) is 2. The first kappa shape index (κ1) is 15.2. The number of aromatic nitrogens is 2. The molecule has 2 aromatic carbocycles. The average molecular weight is 335 g/mol. The fourth-order valence-electron chi connectivity index (χ4n) is 3.24. The summed E-state index contributed by atoms with van der Waals surface area (Å²) in [6.45, 7) is 1.28. The Hall–Kier alpha value is -3.35. The number of benzene rings is 2. The van der Waals surface area contributed by atoms with Crippen molar-refractivity contribution in [1.82, 2.24) is 9.55 Å². The molecule has 126 valence electrons. The average Bonchev–Trinajstić information content (AvgIpc) is 2.62. The van der Waals surface area contributed by atoms with Gasteiger partial charge in [0, 0.05) is 30.1 Å². The Morgan fingerprint density at radius 3 is 2.72 bits per heavy atom. The second-order valence-electron chi connectivity index (χ2n) is 6.06. The topological polar surface area (TPSA) is 102 Å². The van der Waals surface area contributed by atoms with E-state index in [4.69, 9.17) is 5.73 Å². The van der Waals surface area contributed by atoms with Crippen LogP contribution in [-0.4, -0.2) is 22.1 Å². The molecule has 2 amide bonds. The van der Waals surface area contributed by atoms with Crippen molar-refractivity contribution in [3.63, 3.8) is 0 Å². The zero-order chi connectivity index (χ0) is 17.4. The number of anilines is 2. The fourth-order valence-corrected chi connectivity index (χ4v) is 3.24. The van der Waals surface area contributed by atoms with Crippen molar-refractivity contribution >= 4 is 28.4 Å². The summed E-state index contributed by atoms with van der Waals surface area (Å²) in [5.74, 6) is 0.953. The molecule has 0 radical (unpaired) electrons. The van der Waals surface area contributed by atoms with Crippen molar-refractivity contribution in [2.75, 3.05) is 17.2 Å². The highest BCUT2D eigenvalue weighted by molar-refractivity contribution is 5.89. The van der Waals surface area contributed by atoms with Crippen LogP contribution in [0.1, 0.15) is 11.5 Å². The first-order chi connectivity index (χ1) is 12.1. The third kappa shape index (κ3) is 2.80. The fraction of sp³-hybridized carbons (Fsp3) is 0.167. The van der Waals surface area contributed by atoms with Gasteiger partial charge in [0.05, 0.1) is 5.52 Å². The van der Waals surface area contributed by atoms with Crippen LogP contribution in [0.2, 0.25) is 0 Å². The van der Waals surface area contributed by atoms with E-state index in [1.807, 2.05) is 36.4 Å². The lowest BCUT2D eigenvalue weighted by atomic mass is 9.97. The van der Waals surface area contributed by atoms with Crippen molar-refractivity contribution < 1.29 is 4.79 Å². The van der Waals surface area contributed by atoms with Crippen LogP contribution in [0.3, 0.4) is 0 Å². The molecule has 7 heteroatoms. The second kappa shape index (κ2) is 5.94. The SMILES string of the molecule is NC(=O)Nc1ccc(C2CNc3c4ccccc4nc(=O)n3C2)cc1. The smallest absolute Gasteiger partial charge is 0.349 e. The number of urea groups is 1. The molecule has 1 aliphatic rings. The third-order valence-corrected chi connectivity index (χ3v) is 4.44. The molecular weight excluding hydrogens is 318 g/mol. The molecule has 4 N–H and O–H groups in total. The highest BCUT2D eigenvalue weighted by Gasteiger charge is 2.22. The highest BCUT2D eigenvalue weighted by atomic mass is 16.2. The summed E-state index contributed by atoms with van der Waals surface area (Å²) in [6.07, 6.45) is 0. The maximum absolute atomic E-state index is 12.4. The summed E-state index contributed by atoms with van der Waals surface area (Å²) < 4.78 is 1.69. The lowest BCUT2D eigenvalue weighted by molar-refractivity contribution is 0.259. The van der Waals surface area contributed by atoms with Crippen LogP contribution in [-0.2, 0) is 6.54 Å². The monoisotopic (exact) mass is 335 g/mol. The molecule has 25 heavy (non-hydrogen) atoms. The Morgan fingerprint density at radius 1 is 1.20 bits per heavy atom. The van der Waals surface area contributed by atoms with Gasteiger partial charge in [-0.1, -0.05) is 24.3 Å². The molecule has 0 bridgehead atoms. The highest BCUT2D eigenvalue weighted by Crippen LogP contribution is 2.29. The number of rotatable bonds is 2. The molecule has 0 saturated heterocycles. The summed E-state index contributed by atoms with van der Waals surface area (Å²) in [4.78, 5) is 27.4. The summed E-state index contributed by atoms with van der Waals surface area (Å²) in [5.41, 5.74) is 7.28. The van der Waals surface area contributed by atoms with E-state index in [-0.39, 0.29) is 11.6 Å². The first-order valence-electron chi connectivity index (χ1n) is 8.02. The standard InChI is InChI=1S/C18H17N5O2/c19-17(24)21-13-7-5-11(6-8-13)12-9-20-16-14-3-1-2-4-15(14)22-18(25)23(16)10-12/h1-8,12,20H,9-10H2,(H3,19,21,24). The number of hydrogen-bond donors (Lipinski definition) is 3. The number of carbonyl (C=O) groups excluding carboxylic acids is 1. The number of fused-ring (bicyclic) bond motifs is 3. The lowest BCUT2D eigenvalue weighted by Gasteiger charge is -2.28. The van der Waals surface area contributed by atoms with Crippen LogP contribution in [0.5, 0.6) is 0 Å². The molecule has 1 unspecified atom stereocenters. The number of primary amides is 1. The van der Waals surface area contributed by atoms with Gasteiger partial charge >= 0.3 is 11.7 Å². The third-order valence-electron chi connectivity index (χ3n) is 4.44. The lowest BCUT2D eigenvalue weighted by Crippen LogP contribution is -2.35. The van der Waals surface area contributed by atoms with Crippen molar-refractivity contribution in [3.05, 3.63) is 64.6 Å². The Bertz CT molecular complexity index is 1010. The summed E-state index contributed by atoms with van der Waals surface area (Å²) in [5, 5.41) is 6.86. The van der Waals surface area contributed by atoms with Crippen LogP contribution in [0.4, 0.5) is 16.3 Å². The number of para-hydroxylation sites is 1. The molecule has 0 saturated carbocycles. The summed E-state index contributed by atoms with van der Waals surface area (Å²) in [6, 6.07) is 14.5. The molecule has 2 heterocycles. The van der Waals surface area contributed by atoms with E-state index in [0.29, 0.717) is 17.7 Å². The predicted octanol–water partition coefficient (Wildman–Crippen LogP) is 2.10. The number of carbonyl (C=O) groups is 1. The zero-order valence-electron chi connectivity index (χ0n) is 13.4. The van der Waals surface area contributed by atoms with Crippen LogP contribution in [0, 0.1) is 0 Å². The zero-order valence-corrected chi connectivity index (χ0v) is 13.4. The Morgan fingerprint density at radius 2 is 1.96 bits per heavy atom. The number of amides is 2. The van der Waals surface area contributed by atoms with E-state index in [0.717, 1.165) is 23.3 Å². The molecule has 3 aromatic rings. The molecular formula is C18H17N5O2. The van der Waals surface area contributed by atoms with E-state index >= 15 is 0 Å². The molecule has 1 atom stereocenters. The Kier molecular flexibility index (Phi) is 3.61. The van der Waals surface area contributed by atoms with E-state index in [1.165, 1.54) is 0 Å². The van der Waals surface area contributed by atoms with Crippen LogP contribution >= 0.6 is 0 Å². The van der Waals surface area contributed by atoms with E-state index < -0.39 is 6.03 Å². The predicted molar refractivity (Wildman–Crippen MR) is 96.9 cm³/mol. The van der Waals surface area contributed by atoms with Gasteiger partial charge in [0.2, 0.25) is 0 Å². The van der Waals surface area contributed by atoms with Gasteiger partial charge in [-0.15, -0.1) is 0 Å². The number of nitrogens with two attached hydrogens (primary N) is 1. The quantitative estimate of drug-likeness (QED) is 0.667. The maximum Gasteiger partial charge on any atom is 0.349 e. The normalized spacial score (nSPS) is 16.1. The van der Waals surface area contributed by atoms with Crippen molar-refractivity contribution in [1.29, 1.82) is 0 Å². The van der Waals surface area contributed by atoms with Gasteiger partial charge in [-0.2, -0.15) is 4.98 Å². The Balaban J connectivity index is 1.66. The van der Waals surface area contributed by atoms with Crippen LogP contribution < -0.4 is 22.1 Å². The van der Waals surface area contributed by atoms with Crippen molar-refractivity contribution in [2.24, 2.45) is 5.73 Å². The number of hydrogen-bond acceptors (Lipinski definition) is 4. The second-order valence-corrected chi connectivity index (χ2v) is 6.06. The van der Waals surface area contributed by atoms with E-state index in [9.17, 15) is 9.59 Å². The minimum absolute atomic E-state index is 0.135. The maximum atomic E-state index is 12.4. The van der Waals surface area contributed by atoms with Gasteiger partial charge in [0.25, 0.3) is 0 Å². The summed E-state index contributed by atoms with van der Waals surface area (Å²) in [7, 11) is 0. The molecule has 0 fully saturated rings. The van der Waals surface area contributed by atoms with Gasteiger partial charge < -0.3 is 16.4 Å². The minimum Gasteiger partial charge on any atom is -0.370 e. The molecule has 1 aliphatic heterocycles. The largest absolute Gasteiger partial charge is 0.370 e. The molecule has 7 nitrogen and oxygen atoms in total. The van der Waals surface area contributed by atoms with Gasteiger partial charge in [0.15, 0.2) is 0 Å². The van der Waals surface area contributed by atoms with Crippen LogP contribution in [0.25, 0.3) is 10.9 Å². The van der Waals surface area contributed by atoms with Gasteiger partial charge in [-0.05, 0) is 29.8 Å². The van der Waals surface area contributed by atoms with Crippen LogP contribution in [0.15, 0.2) is 53.3 Å². The molecule has 0 aliphatic carbocycles. The van der Waals surface area contributed by atoms with E-state index in [2.05, 4.69) is 15.6 Å². The van der Waals surface area contributed by atoms with E-state index in [1.54, 1.807) is 16.7 Å². The van der Waals surface area contributed by atoms with Crippen molar-refractivity contribution in [3.8, 4) is 0 Å². The first-order valence-corrected chi connectivity index (χ1v) is 8.02. The van der Waals surface area contributed by atoms with Crippen molar-refractivity contribution in [2.45, 2.75) is 12.5 Å². The van der Waals surface area contributed by atoms with Gasteiger partial charge in [-0.25, -0.2) is 9.59 Å². The summed E-state index contributed by atoms with van der Waals surface area (Å²) >= 11 is 0.